The van der Waals surface area contributed by atoms with Gasteiger partial charge in [-0.15, -0.1) is 10.2 Å². The number of fused-ring (bicyclic) bond motifs is 1. The smallest absolute Gasteiger partial charge is 0.200 e. The third-order valence-electron chi connectivity index (χ3n) is 3.97. The van der Waals surface area contributed by atoms with Crippen LogP contribution in [0.15, 0.2) is 57.0 Å². The highest BCUT2D eigenvalue weighted by Gasteiger charge is 2.13. The minimum Gasteiger partial charge on any atom is -0.461 e. The number of pyridine rings is 1. The van der Waals surface area contributed by atoms with Crippen molar-refractivity contribution >= 4 is 22.7 Å². The molecule has 0 fully saturated rings. The quantitative estimate of drug-likeness (QED) is 0.569. The fraction of sp³-hybridized carbons (Fsp3) is 0.167. The molecule has 3 aromatic heterocycles. The summed E-state index contributed by atoms with van der Waals surface area (Å²) in [5.74, 6) is 1.95. The van der Waals surface area contributed by atoms with Gasteiger partial charge in [0.15, 0.2) is 22.2 Å². The largest absolute Gasteiger partial charge is 0.461 e. The molecule has 0 saturated carbocycles. The van der Waals surface area contributed by atoms with Gasteiger partial charge < -0.3 is 14.0 Å². The Hall–Kier alpha value is -2.80. The number of H-pyrrole nitrogens is 1. The van der Waals surface area contributed by atoms with Crippen LogP contribution < -0.4 is 5.43 Å². The predicted octanol–water partition coefficient (Wildman–Crippen LogP) is 3.52. The van der Waals surface area contributed by atoms with E-state index in [2.05, 4.69) is 15.2 Å². The molecule has 0 aliphatic rings. The normalized spacial score (nSPS) is 11.3. The second kappa shape index (κ2) is 6.25. The monoisotopic (exact) mass is 352 g/mol. The zero-order valence-corrected chi connectivity index (χ0v) is 14.6. The third kappa shape index (κ3) is 2.98. The molecule has 0 radical (unpaired) electrons. The molecule has 3 heterocycles. The van der Waals surface area contributed by atoms with Crippen LogP contribution in [0.5, 0.6) is 0 Å². The summed E-state index contributed by atoms with van der Waals surface area (Å²) in [6.07, 6.45) is 1.61. The Kier molecular flexibility index (Phi) is 3.93. The van der Waals surface area contributed by atoms with Crippen LogP contribution >= 0.6 is 11.8 Å². The molecule has 1 aromatic carbocycles. The second-order valence-electron chi connectivity index (χ2n) is 5.84. The Morgan fingerprint density at radius 3 is 2.92 bits per heavy atom. The first-order valence-electron chi connectivity index (χ1n) is 7.80. The van der Waals surface area contributed by atoms with Crippen LogP contribution in [0, 0.1) is 6.92 Å². The summed E-state index contributed by atoms with van der Waals surface area (Å²) in [5.41, 5.74) is 2.81. The van der Waals surface area contributed by atoms with Gasteiger partial charge in [0.25, 0.3) is 0 Å². The fourth-order valence-corrected chi connectivity index (χ4v) is 3.52. The molecule has 0 aliphatic heterocycles. The third-order valence-corrected chi connectivity index (χ3v) is 5.04. The number of hydrogen-bond donors (Lipinski definition) is 1. The maximum atomic E-state index is 12.3. The Morgan fingerprint density at radius 2 is 2.12 bits per heavy atom. The zero-order chi connectivity index (χ0) is 17.4. The highest BCUT2D eigenvalue weighted by molar-refractivity contribution is 7.98. The van der Waals surface area contributed by atoms with Crippen molar-refractivity contribution in [2.24, 2.45) is 7.05 Å². The van der Waals surface area contributed by atoms with Crippen molar-refractivity contribution in [2.45, 2.75) is 17.8 Å². The highest BCUT2D eigenvalue weighted by Crippen LogP contribution is 2.25. The van der Waals surface area contributed by atoms with Crippen molar-refractivity contribution in [2.75, 3.05) is 0 Å². The minimum absolute atomic E-state index is 0.0299. The van der Waals surface area contributed by atoms with Crippen LogP contribution in [-0.4, -0.2) is 19.7 Å². The van der Waals surface area contributed by atoms with Gasteiger partial charge in [0.05, 0.1) is 6.26 Å². The predicted molar refractivity (Wildman–Crippen MR) is 97.6 cm³/mol. The Bertz CT molecular complexity index is 1100. The molecule has 0 aliphatic carbocycles. The van der Waals surface area contributed by atoms with E-state index in [1.165, 1.54) is 11.8 Å². The lowest BCUT2D eigenvalue weighted by Gasteiger charge is -2.05. The maximum Gasteiger partial charge on any atom is 0.200 e. The van der Waals surface area contributed by atoms with Gasteiger partial charge in [0.1, 0.15) is 0 Å². The number of hydrogen-bond acceptors (Lipinski definition) is 5. The van der Waals surface area contributed by atoms with E-state index < -0.39 is 0 Å². The summed E-state index contributed by atoms with van der Waals surface area (Å²) < 4.78 is 7.25. The molecule has 1 N–H and O–H groups in total. The summed E-state index contributed by atoms with van der Waals surface area (Å²) >= 11 is 1.52. The molecular formula is C18H16N4O2S. The second-order valence-corrected chi connectivity index (χ2v) is 6.78. The number of benzene rings is 1. The van der Waals surface area contributed by atoms with Crippen molar-refractivity contribution in [3.05, 3.63) is 64.1 Å². The van der Waals surface area contributed by atoms with Gasteiger partial charge in [0, 0.05) is 35.5 Å². The van der Waals surface area contributed by atoms with E-state index in [4.69, 9.17) is 4.42 Å². The van der Waals surface area contributed by atoms with Crippen molar-refractivity contribution in [1.29, 1.82) is 0 Å². The number of aromatic nitrogens is 4. The average molecular weight is 352 g/mol. The van der Waals surface area contributed by atoms with Crippen molar-refractivity contribution in [3.8, 4) is 11.6 Å². The standard InChI is InChI=1S/C18H16N4O2S/c1-11-5-6-14-13(8-11)15(23)9-12(19-14)10-25-18-21-20-17(22(18)2)16-4-3-7-24-16/h3-9H,10H2,1-2H3,(H,19,23). The van der Waals surface area contributed by atoms with E-state index in [1.54, 1.807) is 12.3 Å². The van der Waals surface area contributed by atoms with E-state index in [0.29, 0.717) is 22.7 Å². The Balaban J connectivity index is 1.59. The fourth-order valence-electron chi connectivity index (χ4n) is 2.70. The molecule has 0 atom stereocenters. The van der Waals surface area contributed by atoms with Crippen molar-refractivity contribution in [1.82, 2.24) is 19.7 Å². The molecule has 7 heteroatoms. The van der Waals surface area contributed by atoms with Crippen LogP contribution in [0.2, 0.25) is 0 Å². The number of furan rings is 1. The number of thioether (sulfide) groups is 1. The zero-order valence-electron chi connectivity index (χ0n) is 13.8. The van der Waals surface area contributed by atoms with Gasteiger partial charge in [-0.25, -0.2) is 0 Å². The van der Waals surface area contributed by atoms with Gasteiger partial charge in [-0.3, -0.25) is 4.79 Å². The number of aromatic amines is 1. The Morgan fingerprint density at radius 1 is 1.24 bits per heavy atom. The van der Waals surface area contributed by atoms with Gasteiger partial charge >= 0.3 is 0 Å². The van der Waals surface area contributed by atoms with Gasteiger partial charge in [-0.05, 0) is 31.2 Å². The van der Waals surface area contributed by atoms with E-state index in [0.717, 1.165) is 21.9 Å². The first-order valence-corrected chi connectivity index (χ1v) is 8.79. The lowest BCUT2D eigenvalue weighted by molar-refractivity contribution is 0.572. The van der Waals surface area contributed by atoms with Crippen LogP contribution in [0.3, 0.4) is 0 Å². The Labute approximate surface area is 147 Å². The first-order chi connectivity index (χ1) is 12.1. The van der Waals surface area contributed by atoms with Crippen molar-refractivity contribution < 1.29 is 4.42 Å². The van der Waals surface area contributed by atoms with E-state index in [-0.39, 0.29) is 5.43 Å². The number of nitrogens with zero attached hydrogens (tertiary/aromatic N) is 3. The highest BCUT2D eigenvalue weighted by atomic mass is 32.2. The van der Waals surface area contributed by atoms with Crippen LogP contribution in [-0.2, 0) is 12.8 Å². The van der Waals surface area contributed by atoms with Gasteiger partial charge in [-0.1, -0.05) is 23.4 Å². The topological polar surface area (TPSA) is 76.7 Å². The molecule has 25 heavy (non-hydrogen) atoms. The summed E-state index contributed by atoms with van der Waals surface area (Å²) in [7, 11) is 1.89. The van der Waals surface area contributed by atoms with E-state index >= 15 is 0 Å². The molecule has 0 saturated heterocycles. The van der Waals surface area contributed by atoms with Crippen molar-refractivity contribution in [3.63, 3.8) is 0 Å². The number of nitrogens with one attached hydrogen (secondary N) is 1. The van der Waals surface area contributed by atoms with Crippen LogP contribution in [0.4, 0.5) is 0 Å². The van der Waals surface area contributed by atoms with E-state index in [9.17, 15) is 4.79 Å². The molecule has 6 nitrogen and oxygen atoms in total. The summed E-state index contributed by atoms with van der Waals surface area (Å²) in [5, 5.41) is 9.86. The number of aryl methyl sites for hydroxylation is 1. The maximum absolute atomic E-state index is 12.3. The molecule has 0 amide bonds. The summed E-state index contributed by atoms with van der Waals surface area (Å²) in [6, 6.07) is 11.2. The molecule has 4 aromatic rings. The van der Waals surface area contributed by atoms with Crippen LogP contribution in [0.25, 0.3) is 22.5 Å². The van der Waals surface area contributed by atoms with Crippen LogP contribution in [0.1, 0.15) is 11.3 Å². The summed E-state index contributed by atoms with van der Waals surface area (Å²) in [4.78, 5) is 15.6. The molecule has 0 bridgehead atoms. The van der Waals surface area contributed by atoms with Gasteiger partial charge in [-0.2, -0.15) is 0 Å². The SMILES string of the molecule is Cc1ccc2[nH]c(CSc3nnc(-c4ccco4)n3C)cc(=O)c2c1. The number of rotatable bonds is 4. The lowest BCUT2D eigenvalue weighted by Crippen LogP contribution is -2.05. The summed E-state index contributed by atoms with van der Waals surface area (Å²) in [6.45, 7) is 1.98. The lowest BCUT2D eigenvalue weighted by atomic mass is 10.1. The molecule has 0 unspecified atom stereocenters. The van der Waals surface area contributed by atoms with Gasteiger partial charge in [0.2, 0.25) is 0 Å². The average Bonchev–Trinajstić information content (AvgIpc) is 3.23. The molecule has 4 rings (SSSR count). The van der Waals surface area contributed by atoms with E-state index in [1.807, 2.05) is 48.9 Å². The first kappa shape index (κ1) is 15.7. The molecular weight excluding hydrogens is 336 g/mol. The molecule has 0 spiro atoms. The minimum atomic E-state index is 0.0299. The molecule has 126 valence electrons.